The molecule has 368 valence electrons. The second kappa shape index (κ2) is 21.3. The third-order valence-corrected chi connectivity index (χ3v) is 13.9. The van der Waals surface area contributed by atoms with E-state index in [0.717, 1.165) is 12.8 Å². The van der Waals surface area contributed by atoms with Crippen LogP contribution in [0.4, 0.5) is 19.0 Å². The van der Waals surface area contributed by atoms with E-state index < -0.39 is 48.1 Å². The number of carbonyl (C=O) groups is 5. The fraction of sp³-hybridized carbons (Fsp3) is 0.630. The quantitative estimate of drug-likeness (QED) is 0.127. The molecule has 0 aromatic carbocycles. The fourth-order valence-electron chi connectivity index (χ4n) is 9.70. The Balaban J connectivity index is 1.31. The van der Waals surface area contributed by atoms with Crippen LogP contribution in [0.5, 0.6) is 0 Å². The molecule has 0 aliphatic carbocycles. The molecule has 3 aliphatic heterocycles. The van der Waals surface area contributed by atoms with Gasteiger partial charge >= 0.3 is 6.18 Å². The van der Waals surface area contributed by atoms with Crippen molar-refractivity contribution >= 4 is 47.3 Å². The number of hydrogen-bond donors (Lipinski definition) is 2. The zero-order valence-corrected chi connectivity index (χ0v) is 40.6. The maximum absolute atomic E-state index is 14.6. The van der Waals surface area contributed by atoms with Crippen molar-refractivity contribution in [3.05, 3.63) is 51.8 Å². The van der Waals surface area contributed by atoms with E-state index in [2.05, 4.69) is 22.4 Å². The van der Waals surface area contributed by atoms with Crippen LogP contribution >= 0.6 is 11.3 Å². The highest BCUT2D eigenvalue weighted by Gasteiger charge is 2.41. The molecule has 4 amide bonds. The highest BCUT2D eigenvalue weighted by molar-refractivity contribution is 7.10. The van der Waals surface area contributed by atoms with Crippen LogP contribution in [0.15, 0.2) is 24.2 Å². The molecule has 0 saturated carbocycles. The number of anilines is 1. The lowest BCUT2D eigenvalue weighted by Gasteiger charge is -2.35. The highest BCUT2D eigenvalue weighted by atomic mass is 32.1. The molecule has 0 radical (unpaired) electrons. The number of likely N-dealkylation sites (N-methyl/N-ethyl adjacent to an activating group) is 1. The molecule has 3 aliphatic rings. The first-order valence-corrected chi connectivity index (χ1v) is 23.7. The van der Waals surface area contributed by atoms with E-state index in [9.17, 15) is 37.1 Å². The molecule has 0 bridgehead atoms. The monoisotopic (exact) mass is 958 g/mol. The molecule has 67 heavy (non-hydrogen) atoms. The third kappa shape index (κ3) is 11.7. The van der Waals surface area contributed by atoms with Crippen molar-refractivity contribution in [3.63, 3.8) is 0 Å². The minimum Gasteiger partial charge on any atom is -0.467 e. The van der Waals surface area contributed by atoms with Gasteiger partial charge in [-0.25, -0.2) is 10.4 Å². The average Bonchev–Trinajstić information content (AvgIpc) is 4.10. The van der Waals surface area contributed by atoms with Gasteiger partial charge in [0.1, 0.15) is 24.4 Å². The SMILES string of the molecule is C=CC(=O)N1CCC(C(=O)N(C)C(C(=O)NC(Cc2nc(N3CCc4c(c(CC(C)(C)COC=O)c(-c5cnn(C)c5C(C)OC)n4CC(F)(F)F)C3)cs2)C(=O)N2CCCCN2)C(C)C)C1. The number of hydrogen-bond acceptors (Lipinski definition) is 12. The molecule has 4 atom stereocenters. The summed E-state index contributed by atoms with van der Waals surface area (Å²) in [4.78, 5) is 75.8. The lowest BCUT2D eigenvalue weighted by atomic mass is 9.83. The van der Waals surface area contributed by atoms with Crippen LogP contribution in [-0.2, 0) is 72.8 Å². The van der Waals surface area contributed by atoms with E-state index in [1.54, 1.807) is 29.9 Å². The van der Waals surface area contributed by atoms with Crippen LogP contribution < -0.4 is 15.6 Å². The lowest BCUT2D eigenvalue weighted by Crippen LogP contribution is -2.59. The predicted molar refractivity (Wildman–Crippen MR) is 245 cm³/mol. The first-order chi connectivity index (χ1) is 31.7. The Morgan fingerprint density at radius 1 is 1.13 bits per heavy atom. The summed E-state index contributed by atoms with van der Waals surface area (Å²) in [5.41, 5.74) is 5.92. The van der Waals surface area contributed by atoms with Crippen LogP contribution in [0, 0.1) is 17.3 Å². The number of nitrogens with zero attached hydrogens (tertiary/aromatic N) is 8. The molecular formula is C46H65F3N10O7S. The largest absolute Gasteiger partial charge is 0.467 e. The minimum absolute atomic E-state index is 0.0358. The number of nitrogens with one attached hydrogen (secondary N) is 2. The second-order valence-corrected chi connectivity index (χ2v) is 19.8. The first-order valence-electron chi connectivity index (χ1n) is 22.8. The van der Waals surface area contributed by atoms with Gasteiger partial charge in [0.2, 0.25) is 17.7 Å². The number of rotatable bonds is 19. The number of alkyl halides is 3. The summed E-state index contributed by atoms with van der Waals surface area (Å²) in [7, 11) is 4.83. The van der Waals surface area contributed by atoms with Crippen molar-refractivity contribution in [2.45, 2.75) is 111 Å². The van der Waals surface area contributed by atoms with E-state index in [0.29, 0.717) is 83.7 Å². The van der Waals surface area contributed by atoms with Gasteiger partial charge in [-0.15, -0.1) is 11.3 Å². The van der Waals surface area contributed by atoms with Crippen molar-refractivity contribution in [1.29, 1.82) is 0 Å². The number of methoxy groups -OCH3 is 1. The van der Waals surface area contributed by atoms with Gasteiger partial charge in [-0.2, -0.15) is 18.3 Å². The number of fused-ring (bicyclic) bond motifs is 1. The normalized spacial score (nSPS) is 18.1. The van der Waals surface area contributed by atoms with Gasteiger partial charge in [-0.05, 0) is 55.7 Å². The third-order valence-electron chi connectivity index (χ3n) is 13.0. The Labute approximate surface area is 394 Å². The molecule has 3 aromatic heterocycles. The zero-order chi connectivity index (χ0) is 49.0. The average molecular weight is 959 g/mol. The van der Waals surface area contributed by atoms with Crippen LogP contribution in [0.3, 0.4) is 0 Å². The standard InChI is InChI=1S/C46H65F3N10O7S/c1-10-38(61)57-17-13-30(22-57)43(63)54(7)39(28(2)3)42(62)52-34(44(64)59-16-12-11-15-50-59)19-37-53-36(24-67-37)56-18-14-35-33(23-56)31(20-45(5,6)26-66-27-60)41(58(35)25-46(47,48)49)32-21-51-55(8)40(32)29(4)65-9/h10,21,24,27-30,34,39,50H,1,11-20,22-23,25-26H2,2-9H3,(H,52,62). The maximum atomic E-state index is 14.6. The highest BCUT2D eigenvalue weighted by Crippen LogP contribution is 2.43. The van der Waals surface area contributed by atoms with E-state index >= 15 is 0 Å². The maximum Gasteiger partial charge on any atom is 0.406 e. The number of likely N-dealkylation sites (tertiary alicyclic amines) is 1. The molecule has 2 saturated heterocycles. The van der Waals surface area contributed by atoms with Crippen molar-refractivity contribution in [2.24, 2.45) is 24.3 Å². The van der Waals surface area contributed by atoms with Crippen LogP contribution in [0.2, 0.25) is 0 Å². The number of amides is 4. The number of thiazole rings is 1. The van der Waals surface area contributed by atoms with Crippen molar-refractivity contribution in [2.75, 3.05) is 58.4 Å². The van der Waals surface area contributed by atoms with Gasteiger partial charge in [0.15, 0.2) is 0 Å². The molecular weight excluding hydrogens is 894 g/mol. The van der Waals surface area contributed by atoms with Crippen LogP contribution in [0.25, 0.3) is 11.3 Å². The van der Waals surface area contributed by atoms with Crippen LogP contribution in [-0.4, -0.2) is 136 Å². The second-order valence-electron chi connectivity index (χ2n) is 18.9. The first kappa shape index (κ1) is 51.1. The number of ether oxygens (including phenoxy) is 2. The summed E-state index contributed by atoms with van der Waals surface area (Å²) < 4.78 is 57.6. The zero-order valence-electron chi connectivity index (χ0n) is 39.8. The predicted octanol–water partition coefficient (Wildman–Crippen LogP) is 4.59. The van der Waals surface area contributed by atoms with Gasteiger partial charge in [0, 0.05) is 95.4 Å². The molecule has 21 heteroatoms. The van der Waals surface area contributed by atoms with Crippen molar-refractivity contribution in [1.82, 2.24) is 44.9 Å². The molecule has 17 nitrogen and oxygen atoms in total. The smallest absolute Gasteiger partial charge is 0.406 e. The lowest BCUT2D eigenvalue weighted by molar-refractivity contribution is -0.145. The topological polar surface area (TPSA) is 176 Å². The Kier molecular flexibility index (Phi) is 16.3. The van der Waals surface area contributed by atoms with Gasteiger partial charge in [-0.1, -0.05) is 34.3 Å². The summed E-state index contributed by atoms with van der Waals surface area (Å²) in [6.45, 7) is 14.2. The van der Waals surface area contributed by atoms with Crippen molar-refractivity contribution in [3.8, 4) is 11.3 Å². The van der Waals surface area contributed by atoms with Gasteiger partial charge < -0.3 is 34.1 Å². The number of aryl methyl sites for hydroxylation is 1. The summed E-state index contributed by atoms with van der Waals surface area (Å²) in [5.74, 6) is -1.61. The van der Waals surface area contributed by atoms with Gasteiger partial charge in [0.05, 0.1) is 41.2 Å². The van der Waals surface area contributed by atoms with E-state index in [1.807, 2.05) is 44.9 Å². The Morgan fingerprint density at radius 2 is 1.88 bits per heavy atom. The molecule has 6 rings (SSSR count). The van der Waals surface area contributed by atoms with Gasteiger partial charge in [-0.3, -0.25) is 33.7 Å². The van der Waals surface area contributed by atoms with Crippen LogP contribution in [0.1, 0.15) is 87.5 Å². The number of hydrazine groups is 1. The fourth-order valence-corrected chi connectivity index (χ4v) is 10.6. The Morgan fingerprint density at radius 3 is 2.52 bits per heavy atom. The summed E-state index contributed by atoms with van der Waals surface area (Å²) in [6.07, 6.45) is 0.437. The van der Waals surface area contributed by atoms with Crippen molar-refractivity contribution < 1.29 is 46.6 Å². The minimum atomic E-state index is -4.55. The Bertz CT molecular complexity index is 2280. The summed E-state index contributed by atoms with van der Waals surface area (Å²) in [5, 5.41) is 11.4. The van der Waals surface area contributed by atoms with E-state index in [-0.39, 0.29) is 62.6 Å². The molecule has 3 aromatic rings. The number of aromatic nitrogens is 4. The molecule has 6 heterocycles. The number of halogens is 3. The summed E-state index contributed by atoms with van der Waals surface area (Å²) in [6, 6.07) is -1.97. The van der Waals surface area contributed by atoms with E-state index in [4.69, 9.17) is 14.5 Å². The van der Waals surface area contributed by atoms with E-state index in [1.165, 1.54) is 39.0 Å². The molecule has 2 N–H and O–H groups in total. The molecule has 4 unspecified atom stereocenters. The summed E-state index contributed by atoms with van der Waals surface area (Å²) >= 11 is 1.31. The molecule has 0 spiro atoms. The Hall–Kier alpha value is -5.28. The van der Waals surface area contributed by atoms with Gasteiger partial charge in [0.25, 0.3) is 12.4 Å². The number of carbonyl (C=O) groups excluding carboxylic acids is 5. The molecule has 2 fully saturated rings.